The Hall–Kier alpha value is -1.72. The van der Waals surface area contributed by atoms with Gasteiger partial charge in [0.05, 0.1) is 18.8 Å². The summed E-state index contributed by atoms with van der Waals surface area (Å²) in [5.41, 5.74) is -0.545. The van der Waals surface area contributed by atoms with Crippen molar-refractivity contribution in [3.63, 3.8) is 0 Å². The highest BCUT2D eigenvalue weighted by Gasteiger charge is 2.22. The Morgan fingerprint density at radius 1 is 1.14 bits per heavy atom. The van der Waals surface area contributed by atoms with E-state index in [4.69, 9.17) is 16.3 Å². The minimum absolute atomic E-state index is 0.00119. The SMILES string of the molecule is COc1cc(F)c(C(O)Cc2c(F)cccc2Cl)c(F)c1. The van der Waals surface area contributed by atoms with Crippen molar-refractivity contribution in [2.45, 2.75) is 12.5 Å². The van der Waals surface area contributed by atoms with Crippen molar-refractivity contribution < 1.29 is 23.0 Å². The van der Waals surface area contributed by atoms with E-state index in [1.54, 1.807) is 0 Å². The fourth-order valence-corrected chi connectivity index (χ4v) is 2.26. The van der Waals surface area contributed by atoms with Gasteiger partial charge in [0, 0.05) is 29.1 Å². The van der Waals surface area contributed by atoms with Crippen LogP contribution in [0.25, 0.3) is 0 Å². The van der Waals surface area contributed by atoms with Gasteiger partial charge in [0.2, 0.25) is 0 Å². The van der Waals surface area contributed by atoms with Crippen LogP contribution in [-0.2, 0) is 6.42 Å². The Bertz CT molecular complexity index is 618. The summed E-state index contributed by atoms with van der Waals surface area (Å²) in [6, 6.07) is 5.90. The van der Waals surface area contributed by atoms with Gasteiger partial charge < -0.3 is 9.84 Å². The predicted molar refractivity (Wildman–Crippen MR) is 73.0 cm³/mol. The number of hydrogen-bond acceptors (Lipinski definition) is 2. The lowest BCUT2D eigenvalue weighted by Gasteiger charge is -2.15. The van der Waals surface area contributed by atoms with Crippen LogP contribution in [0, 0.1) is 17.5 Å². The van der Waals surface area contributed by atoms with Crippen molar-refractivity contribution in [3.8, 4) is 5.75 Å². The third-order valence-electron chi connectivity index (χ3n) is 3.08. The highest BCUT2D eigenvalue weighted by atomic mass is 35.5. The van der Waals surface area contributed by atoms with Crippen LogP contribution in [-0.4, -0.2) is 12.2 Å². The van der Waals surface area contributed by atoms with Crippen molar-refractivity contribution in [2.75, 3.05) is 7.11 Å². The van der Waals surface area contributed by atoms with E-state index < -0.39 is 29.1 Å². The predicted octanol–water partition coefficient (Wildman–Crippen LogP) is 4.04. The van der Waals surface area contributed by atoms with Gasteiger partial charge in [-0.05, 0) is 12.1 Å². The summed E-state index contributed by atoms with van der Waals surface area (Å²) in [7, 11) is 1.27. The van der Waals surface area contributed by atoms with Crippen molar-refractivity contribution in [2.24, 2.45) is 0 Å². The first-order valence-corrected chi connectivity index (χ1v) is 6.45. The lowest BCUT2D eigenvalue weighted by atomic mass is 10.00. The van der Waals surface area contributed by atoms with Crippen molar-refractivity contribution in [1.29, 1.82) is 0 Å². The molecule has 1 unspecified atom stereocenters. The maximum absolute atomic E-state index is 13.8. The summed E-state index contributed by atoms with van der Waals surface area (Å²) in [5.74, 6) is -2.58. The number of aliphatic hydroxyl groups is 1. The number of benzene rings is 2. The first-order valence-electron chi connectivity index (χ1n) is 6.08. The molecule has 0 aliphatic rings. The average Bonchev–Trinajstić information content (AvgIpc) is 2.42. The van der Waals surface area contributed by atoms with E-state index >= 15 is 0 Å². The molecule has 1 atom stereocenters. The van der Waals surface area contributed by atoms with Crippen molar-refractivity contribution in [1.82, 2.24) is 0 Å². The fourth-order valence-electron chi connectivity index (χ4n) is 2.02. The van der Waals surface area contributed by atoms with E-state index in [0.29, 0.717) is 0 Å². The van der Waals surface area contributed by atoms with Crippen LogP contribution in [0.3, 0.4) is 0 Å². The zero-order valence-corrected chi connectivity index (χ0v) is 11.8. The first kappa shape index (κ1) is 15.7. The molecule has 0 aliphatic carbocycles. The lowest BCUT2D eigenvalue weighted by molar-refractivity contribution is 0.167. The monoisotopic (exact) mass is 316 g/mol. The van der Waals surface area contributed by atoms with Gasteiger partial charge in [-0.3, -0.25) is 0 Å². The maximum Gasteiger partial charge on any atom is 0.135 e. The molecule has 0 bridgehead atoms. The molecular formula is C15H12ClF3O2. The van der Waals surface area contributed by atoms with Crippen molar-refractivity contribution >= 4 is 11.6 Å². The molecule has 112 valence electrons. The average molecular weight is 317 g/mol. The quantitative estimate of drug-likeness (QED) is 0.922. The van der Waals surface area contributed by atoms with Gasteiger partial charge in [-0.15, -0.1) is 0 Å². The van der Waals surface area contributed by atoms with Crippen LogP contribution in [0.2, 0.25) is 5.02 Å². The molecule has 0 saturated carbocycles. The largest absolute Gasteiger partial charge is 0.497 e. The van der Waals surface area contributed by atoms with Gasteiger partial charge in [0.25, 0.3) is 0 Å². The molecule has 1 N–H and O–H groups in total. The molecule has 0 fully saturated rings. The van der Waals surface area contributed by atoms with Crippen LogP contribution < -0.4 is 4.74 Å². The molecule has 2 aromatic carbocycles. The Morgan fingerprint density at radius 3 is 2.29 bits per heavy atom. The molecule has 21 heavy (non-hydrogen) atoms. The zero-order chi connectivity index (χ0) is 15.6. The summed E-state index contributed by atoms with van der Waals surface area (Å²) in [4.78, 5) is 0. The van der Waals surface area contributed by atoms with Gasteiger partial charge in [-0.1, -0.05) is 17.7 Å². The Morgan fingerprint density at radius 2 is 1.76 bits per heavy atom. The molecule has 0 heterocycles. The second-order valence-corrected chi connectivity index (χ2v) is 4.83. The van der Waals surface area contributed by atoms with E-state index in [2.05, 4.69) is 0 Å². The number of halogens is 4. The van der Waals surface area contributed by atoms with E-state index in [1.165, 1.54) is 19.2 Å². The van der Waals surface area contributed by atoms with E-state index in [9.17, 15) is 18.3 Å². The highest BCUT2D eigenvalue weighted by molar-refractivity contribution is 6.31. The molecule has 0 saturated heterocycles. The summed E-state index contributed by atoms with van der Waals surface area (Å²) in [6.07, 6.45) is -1.91. The van der Waals surface area contributed by atoms with Gasteiger partial charge in [0.15, 0.2) is 0 Å². The molecular weight excluding hydrogens is 305 g/mol. The minimum Gasteiger partial charge on any atom is -0.497 e. The topological polar surface area (TPSA) is 29.5 Å². The van der Waals surface area contributed by atoms with Gasteiger partial charge in [0.1, 0.15) is 23.2 Å². The second-order valence-electron chi connectivity index (χ2n) is 4.42. The Balaban J connectivity index is 2.35. The molecule has 2 aromatic rings. The zero-order valence-electron chi connectivity index (χ0n) is 11.0. The standard InChI is InChI=1S/C15H12ClF3O2/c1-21-8-5-12(18)15(13(19)6-8)14(20)7-9-10(16)3-2-4-11(9)17/h2-6,14,20H,7H2,1H3. The number of ether oxygens (including phenoxy) is 1. The Labute approximate surface area is 124 Å². The van der Waals surface area contributed by atoms with Crippen LogP contribution in [0.15, 0.2) is 30.3 Å². The van der Waals surface area contributed by atoms with Gasteiger partial charge >= 0.3 is 0 Å². The minimum atomic E-state index is -1.56. The Kier molecular flexibility index (Phi) is 4.75. The van der Waals surface area contributed by atoms with E-state index in [0.717, 1.165) is 18.2 Å². The van der Waals surface area contributed by atoms with Crippen molar-refractivity contribution in [3.05, 3.63) is 63.9 Å². The lowest BCUT2D eigenvalue weighted by Crippen LogP contribution is -2.09. The summed E-state index contributed by atoms with van der Waals surface area (Å²) < 4.78 is 46.1. The van der Waals surface area contributed by atoms with Crippen LogP contribution in [0.4, 0.5) is 13.2 Å². The summed E-state index contributed by atoms with van der Waals surface area (Å²) in [6.45, 7) is 0. The third-order valence-corrected chi connectivity index (χ3v) is 3.43. The fraction of sp³-hybridized carbons (Fsp3) is 0.200. The summed E-state index contributed by atoms with van der Waals surface area (Å²) in [5, 5.41) is 10.1. The van der Waals surface area contributed by atoms with Crippen LogP contribution >= 0.6 is 11.6 Å². The maximum atomic E-state index is 13.8. The molecule has 2 rings (SSSR count). The number of rotatable bonds is 4. The van der Waals surface area contributed by atoms with Crippen LogP contribution in [0.1, 0.15) is 17.2 Å². The van der Waals surface area contributed by atoms with E-state index in [-0.39, 0.29) is 22.8 Å². The molecule has 0 aromatic heterocycles. The molecule has 6 heteroatoms. The molecule has 2 nitrogen and oxygen atoms in total. The third kappa shape index (κ3) is 3.31. The molecule has 0 amide bonds. The van der Waals surface area contributed by atoms with Gasteiger partial charge in [-0.25, -0.2) is 13.2 Å². The number of methoxy groups -OCH3 is 1. The van der Waals surface area contributed by atoms with Gasteiger partial charge in [-0.2, -0.15) is 0 Å². The number of aliphatic hydroxyl groups excluding tert-OH is 1. The smallest absolute Gasteiger partial charge is 0.135 e. The van der Waals surface area contributed by atoms with Crippen LogP contribution in [0.5, 0.6) is 5.75 Å². The molecule has 0 aliphatic heterocycles. The normalized spacial score (nSPS) is 12.3. The second kappa shape index (κ2) is 6.37. The first-order chi connectivity index (χ1) is 9.93. The molecule has 0 radical (unpaired) electrons. The highest BCUT2D eigenvalue weighted by Crippen LogP contribution is 2.30. The summed E-state index contributed by atoms with van der Waals surface area (Å²) >= 11 is 5.83. The molecule has 0 spiro atoms. The van der Waals surface area contributed by atoms with E-state index in [1.807, 2.05) is 0 Å². The number of hydrogen-bond donors (Lipinski definition) is 1.